The molecule has 1 aliphatic heterocycles. The van der Waals surface area contributed by atoms with Gasteiger partial charge in [0.05, 0.1) is 11.6 Å². The van der Waals surface area contributed by atoms with E-state index in [2.05, 4.69) is 18.9 Å². The van der Waals surface area contributed by atoms with Gasteiger partial charge in [-0.25, -0.2) is 0 Å². The van der Waals surface area contributed by atoms with Crippen LogP contribution in [0.15, 0.2) is 12.3 Å². The van der Waals surface area contributed by atoms with Crippen LogP contribution in [0.5, 0.6) is 0 Å². The van der Waals surface area contributed by atoms with Gasteiger partial charge in [-0.15, -0.1) is 0 Å². The van der Waals surface area contributed by atoms with E-state index in [1.165, 1.54) is 0 Å². The number of rotatable bonds is 5. The number of carbonyl (C=O) groups is 1. The number of nitrogens with zero attached hydrogens (tertiary/aromatic N) is 3. The largest absolute Gasteiger partial charge is 0.371 e. The Bertz CT molecular complexity index is 512. The summed E-state index contributed by atoms with van der Waals surface area (Å²) in [6.45, 7) is 6.05. The minimum Gasteiger partial charge on any atom is -0.371 e. The number of ether oxygens (including phenoxy) is 1. The van der Waals surface area contributed by atoms with Gasteiger partial charge in [0.2, 0.25) is 5.91 Å². The molecule has 1 saturated heterocycles. The zero-order chi connectivity index (χ0) is 16.3. The molecule has 0 saturated carbocycles. The summed E-state index contributed by atoms with van der Waals surface area (Å²) in [5.74, 6) is -0.0184. The molecule has 0 unspecified atom stereocenters. The van der Waals surface area contributed by atoms with Crippen LogP contribution in [0, 0.1) is 11.3 Å². The van der Waals surface area contributed by atoms with Crippen LogP contribution in [0.3, 0.4) is 0 Å². The molecule has 1 amide bonds. The lowest BCUT2D eigenvalue weighted by atomic mass is 9.89. The Morgan fingerprint density at radius 2 is 2.32 bits per heavy atom. The van der Waals surface area contributed by atoms with E-state index in [0.29, 0.717) is 19.7 Å². The Hall–Kier alpha value is -1.40. The van der Waals surface area contributed by atoms with Crippen molar-refractivity contribution < 1.29 is 9.53 Å². The molecule has 0 radical (unpaired) electrons. The summed E-state index contributed by atoms with van der Waals surface area (Å²) in [7, 11) is 3.74. The number of carbonyl (C=O) groups excluding carboxylic acids is 1. The van der Waals surface area contributed by atoms with Gasteiger partial charge in [0.1, 0.15) is 6.10 Å². The van der Waals surface area contributed by atoms with Crippen LogP contribution in [0.1, 0.15) is 38.5 Å². The maximum Gasteiger partial charge on any atom is 0.228 e. The fourth-order valence-electron chi connectivity index (χ4n) is 3.06. The summed E-state index contributed by atoms with van der Waals surface area (Å²) in [6, 6.07) is 1.93. The van der Waals surface area contributed by atoms with Crippen LogP contribution in [0.2, 0.25) is 0 Å². The zero-order valence-electron chi connectivity index (χ0n) is 14.1. The summed E-state index contributed by atoms with van der Waals surface area (Å²) in [5.41, 5.74) is 6.66. The van der Waals surface area contributed by atoms with Crippen molar-refractivity contribution in [2.24, 2.45) is 24.1 Å². The van der Waals surface area contributed by atoms with Crippen LogP contribution in [-0.2, 0) is 16.6 Å². The summed E-state index contributed by atoms with van der Waals surface area (Å²) >= 11 is 0. The molecular weight excluding hydrogens is 280 g/mol. The molecule has 6 nitrogen and oxygen atoms in total. The highest BCUT2D eigenvalue weighted by Crippen LogP contribution is 2.34. The average Bonchev–Trinajstić information content (AvgIpc) is 2.92. The SMILES string of the molecule is CN(CC(C)(C)CN)C(=O)[C@@H]1CCCO[C@H]1c1ccnn1C. The molecular formula is C16H28N4O2. The van der Waals surface area contributed by atoms with Crippen molar-refractivity contribution in [2.75, 3.05) is 26.7 Å². The van der Waals surface area contributed by atoms with Crippen LogP contribution >= 0.6 is 0 Å². The summed E-state index contributed by atoms with van der Waals surface area (Å²) < 4.78 is 7.70. The second-order valence-electron chi connectivity index (χ2n) is 6.98. The quantitative estimate of drug-likeness (QED) is 0.890. The third kappa shape index (κ3) is 3.67. The van der Waals surface area contributed by atoms with Gasteiger partial charge in [-0.1, -0.05) is 13.8 Å². The van der Waals surface area contributed by atoms with Gasteiger partial charge in [0.15, 0.2) is 0 Å². The van der Waals surface area contributed by atoms with E-state index in [4.69, 9.17) is 10.5 Å². The number of aromatic nitrogens is 2. The highest BCUT2D eigenvalue weighted by Gasteiger charge is 2.37. The predicted octanol–water partition coefficient (Wildman–Crippen LogP) is 1.33. The average molecular weight is 308 g/mol. The molecule has 124 valence electrons. The van der Waals surface area contributed by atoms with Crippen LogP contribution in [-0.4, -0.2) is 47.3 Å². The molecule has 0 spiro atoms. The van der Waals surface area contributed by atoms with Crippen molar-refractivity contribution in [1.82, 2.24) is 14.7 Å². The first-order chi connectivity index (χ1) is 10.4. The number of nitrogens with two attached hydrogens (primary N) is 1. The van der Waals surface area contributed by atoms with Gasteiger partial charge >= 0.3 is 0 Å². The summed E-state index contributed by atoms with van der Waals surface area (Å²) in [5, 5.41) is 4.20. The Balaban J connectivity index is 2.13. The van der Waals surface area contributed by atoms with E-state index >= 15 is 0 Å². The van der Waals surface area contributed by atoms with Crippen LogP contribution < -0.4 is 5.73 Å². The molecule has 0 aliphatic carbocycles. The topological polar surface area (TPSA) is 73.4 Å². The lowest BCUT2D eigenvalue weighted by molar-refractivity contribution is -0.145. The Morgan fingerprint density at radius 1 is 1.59 bits per heavy atom. The van der Waals surface area contributed by atoms with Crippen molar-refractivity contribution in [2.45, 2.75) is 32.8 Å². The van der Waals surface area contributed by atoms with Gasteiger partial charge in [0, 0.05) is 33.4 Å². The molecule has 1 aromatic heterocycles. The van der Waals surface area contributed by atoms with E-state index < -0.39 is 0 Å². The highest BCUT2D eigenvalue weighted by atomic mass is 16.5. The minimum absolute atomic E-state index is 0.0814. The van der Waals surface area contributed by atoms with Crippen LogP contribution in [0.25, 0.3) is 0 Å². The Labute approximate surface area is 132 Å². The lowest BCUT2D eigenvalue weighted by Gasteiger charge is -2.36. The van der Waals surface area contributed by atoms with Gasteiger partial charge in [-0.3, -0.25) is 9.48 Å². The molecule has 2 rings (SSSR count). The molecule has 2 heterocycles. The van der Waals surface area contributed by atoms with E-state index in [1.54, 1.807) is 15.8 Å². The maximum atomic E-state index is 12.9. The summed E-state index contributed by atoms with van der Waals surface area (Å²) in [4.78, 5) is 14.7. The number of hydrogen-bond donors (Lipinski definition) is 1. The molecule has 1 aliphatic rings. The third-order valence-corrected chi connectivity index (χ3v) is 4.38. The van der Waals surface area contributed by atoms with Gasteiger partial charge < -0.3 is 15.4 Å². The minimum atomic E-state index is -0.211. The third-order valence-electron chi connectivity index (χ3n) is 4.38. The second kappa shape index (κ2) is 6.79. The van der Waals surface area contributed by atoms with Crippen molar-refractivity contribution in [1.29, 1.82) is 0 Å². The normalized spacial score (nSPS) is 22.6. The van der Waals surface area contributed by atoms with Crippen molar-refractivity contribution in [3.05, 3.63) is 18.0 Å². The maximum absolute atomic E-state index is 12.9. The van der Waals surface area contributed by atoms with Gasteiger partial charge in [-0.05, 0) is 30.9 Å². The van der Waals surface area contributed by atoms with E-state index in [-0.39, 0.29) is 23.3 Å². The predicted molar refractivity (Wildman–Crippen MR) is 85.1 cm³/mol. The first kappa shape index (κ1) is 17.0. The van der Waals surface area contributed by atoms with Crippen LogP contribution in [0.4, 0.5) is 0 Å². The second-order valence-corrected chi connectivity index (χ2v) is 6.98. The molecule has 0 aromatic carbocycles. The molecule has 6 heteroatoms. The zero-order valence-corrected chi connectivity index (χ0v) is 14.1. The first-order valence-electron chi connectivity index (χ1n) is 7.90. The van der Waals surface area contributed by atoms with Crippen molar-refractivity contribution >= 4 is 5.91 Å². The molecule has 0 bridgehead atoms. The first-order valence-corrected chi connectivity index (χ1v) is 7.90. The molecule has 1 fully saturated rings. The lowest BCUT2D eigenvalue weighted by Crippen LogP contribution is -2.44. The van der Waals surface area contributed by atoms with Gasteiger partial charge in [0.25, 0.3) is 0 Å². The Morgan fingerprint density at radius 3 is 2.91 bits per heavy atom. The number of hydrogen-bond acceptors (Lipinski definition) is 4. The van der Waals surface area contributed by atoms with Crippen molar-refractivity contribution in [3.8, 4) is 0 Å². The molecule has 22 heavy (non-hydrogen) atoms. The van der Waals surface area contributed by atoms with Gasteiger partial charge in [-0.2, -0.15) is 5.10 Å². The number of aryl methyl sites for hydroxylation is 1. The van der Waals surface area contributed by atoms with E-state index in [0.717, 1.165) is 18.5 Å². The monoisotopic (exact) mass is 308 g/mol. The number of amides is 1. The smallest absolute Gasteiger partial charge is 0.228 e. The molecule has 2 N–H and O–H groups in total. The standard InChI is InChI=1S/C16H28N4O2/c1-16(2,10-17)11-19(3)15(21)12-6-5-9-22-14(12)13-7-8-18-20(13)4/h7-8,12,14H,5-6,9-11,17H2,1-4H3/t12-,14-/m1/s1. The fourth-order valence-corrected chi connectivity index (χ4v) is 3.06. The summed E-state index contributed by atoms with van der Waals surface area (Å²) in [6.07, 6.45) is 3.30. The molecule has 2 atom stereocenters. The fraction of sp³-hybridized carbons (Fsp3) is 0.750. The molecule has 1 aromatic rings. The van der Waals surface area contributed by atoms with E-state index in [1.807, 2.05) is 20.2 Å². The van der Waals surface area contributed by atoms with E-state index in [9.17, 15) is 4.79 Å². The highest BCUT2D eigenvalue weighted by molar-refractivity contribution is 5.79. The Kier molecular flexibility index (Phi) is 5.24. The van der Waals surface area contributed by atoms with Crippen molar-refractivity contribution in [3.63, 3.8) is 0 Å².